The first kappa shape index (κ1) is 26.1. The second-order valence-electron chi connectivity index (χ2n) is 8.64. The Labute approximate surface area is 202 Å². The van der Waals surface area contributed by atoms with Crippen LogP contribution in [0.3, 0.4) is 0 Å². The molecule has 1 aliphatic rings. The third-order valence-corrected chi connectivity index (χ3v) is 7.33. The fraction of sp³-hybridized carbons (Fsp3) is 0.609. The lowest BCUT2D eigenvalue weighted by Crippen LogP contribution is -2.36. The number of nitrogens with zero attached hydrogens (tertiary/aromatic N) is 3. The Morgan fingerprint density at radius 1 is 1.21 bits per heavy atom. The molecule has 10 nitrogen and oxygen atoms in total. The molecule has 0 radical (unpaired) electrons. The van der Waals surface area contributed by atoms with Crippen molar-refractivity contribution in [2.45, 2.75) is 64.6 Å². The molecule has 1 aromatic heterocycles. The van der Waals surface area contributed by atoms with Gasteiger partial charge in [0.15, 0.2) is 5.82 Å². The molecule has 0 aliphatic heterocycles. The first-order chi connectivity index (χ1) is 16.4. The summed E-state index contributed by atoms with van der Waals surface area (Å²) in [5.74, 6) is 0.903. The van der Waals surface area contributed by atoms with Gasteiger partial charge < -0.3 is 15.5 Å². The Balaban J connectivity index is 1.61. The van der Waals surface area contributed by atoms with Gasteiger partial charge in [-0.2, -0.15) is 5.10 Å². The third kappa shape index (κ3) is 9.03. The van der Waals surface area contributed by atoms with E-state index in [9.17, 15) is 13.2 Å². The van der Waals surface area contributed by atoms with Crippen LogP contribution in [0.1, 0.15) is 62.8 Å². The second kappa shape index (κ2) is 12.8. The van der Waals surface area contributed by atoms with Gasteiger partial charge >= 0.3 is 6.03 Å². The molecule has 2 amide bonds. The second-order valence-corrected chi connectivity index (χ2v) is 10.5. The summed E-state index contributed by atoms with van der Waals surface area (Å²) >= 11 is 0. The maximum Gasteiger partial charge on any atom is 0.315 e. The molecule has 3 rings (SSSR count). The molecule has 34 heavy (non-hydrogen) atoms. The SMILES string of the molecule is CCN(CC)CCCS(=O)(=O)N[C@H](CCc1ccccc1)c1n[nH]c(CNC(=O)NC2CC2)n1. The Kier molecular flexibility index (Phi) is 9.85. The van der Waals surface area contributed by atoms with Gasteiger partial charge in [-0.05, 0) is 57.3 Å². The molecule has 1 saturated carbocycles. The predicted molar refractivity (Wildman–Crippen MR) is 132 cm³/mol. The van der Waals surface area contributed by atoms with E-state index in [0.29, 0.717) is 30.9 Å². The molecule has 1 atom stereocenters. The molecule has 0 unspecified atom stereocenters. The maximum atomic E-state index is 12.9. The lowest BCUT2D eigenvalue weighted by Gasteiger charge is -2.19. The van der Waals surface area contributed by atoms with Crippen molar-refractivity contribution in [3.05, 3.63) is 47.5 Å². The van der Waals surface area contributed by atoms with Crippen molar-refractivity contribution in [1.82, 2.24) is 35.4 Å². The lowest BCUT2D eigenvalue weighted by atomic mass is 10.1. The van der Waals surface area contributed by atoms with Crippen LogP contribution >= 0.6 is 0 Å². The Hall–Kier alpha value is -2.50. The molecule has 1 fully saturated rings. The monoisotopic (exact) mass is 491 g/mol. The summed E-state index contributed by atoms with van der Waals surface area (Å²) < 4.78 is 28.5. The molecule has 0 bridgehead atoms. The van der Waals surface area contributed by atoms with Gasteiger partial charge in [0.1, 0.15) is 5.82 Å². The van der Waals surface area contributed by atoms with Crippen molar-refractivity contribution in [2.24, 2.45) is 0 Å². The topological polar surface area (TPSA) is 132 Å². The van der Waals surface area contributed by atoms with Crippen LogP contribution < -0.4 is 15.4 Å². The molecule has 0 saturated heterocycles. The van der Waals surface area contributed by atoms with Gasteiger partial charge in [-0.15, -0.1) is 0 Å². The number of aromatic amines is 1. The fourth-order valence-corrected chi connectivity index (χ4v) is 4.95. The number of amides is 2. The standard InChI is InChI=1S/C23H37N7O3S/c1-3-30(4-2)15-8-16-34(32,33)29-20(14-11-18-9-6-5-7-10-18)22-26-21(27-28-22)17-24-23(31)25-19-12-13-19/h5-7,9-10,19-20,29H,3-4,8,11-17H2,1-2H3,(H2,24,25,31)(H,26,27,28)/t20-/m1/s1. The highest BCUT2D eigenvalue weighted by molar-refractivity contribution is 7.89. The van der Waals surface area contributed by atoms with Gasteiger partial charge in [-0.1, -0.05) is 44.2 Å². The molecule has 11 heteroatoms. The number of hydrogen-bond donors (Lipinski definition) is 4. The lowest BCUT2D eigenvalue weighted by molar-refractivity contribution is 0.240. The number of urea groups is 1. The number of carbonyl (C=O) groups is 1. The van der Waals surface area contributed by atoms with E-state index in [-0.39, 0.29) is 24.4 Å². The summed E-state index contributed by atoms with van der Waals surface area (Å²) in [7, 11) is -3.52. The highest BCUT2D eigenvalue weighted by Gasteiger charge is 2.25. The van der Waals surface area contributed by atoms with Crippen molar-refractivity contribution in [3.63, 3.8) is 0 Å². The summed E-state index contributed by atoms with van der Waals surface area (Å²) in [4.78, 5) is 18.5. The van der Waals surface area contributed by atoms with Crippen LogP contribution in [0.4, 0.5) is 4.79 Å². The quantitative estimate of drug-likeness (QED) is 0.302. The van der Waals surface area contributed by atoms with Crippen molar-refractivity contribution >= 4 is 16.1 Å². The van der Waals surface area contributed by atoms with Gasteiger partial charge in [-0.25, -0.2) is 22.9 Å². The van der Waals surface area contributed by atoms with Crippen molar-refractivity contribution < 1.29 is 13.2 Å². The van der Waals surface area contributed by atoms with Gasteiger partial charge in [0.2, 0.25) is 10.0 Å². The third-order valence-electron chi connectivity index (χ3n) is 5.86. The average Bonchev–Trinajstić information content (AvgIpc) is 3.51. The minimum atomic E-state index is -3.52. The summed E-state index contributed by atoms with van der Waals surface area (Å²) in [5.41, 5.74) is 1.11. The van der Waals surface area contributed by atoms with Crippen LogP contribution in [0.25, 0.3) is 0 Å². The van der Waals surface area contributed by atoms with Crippen LogP contribution in [0.15, 0.2) is 30.3 Å². The van der Waals surface area contributed by atoms with Gasteiger partial charge in [0.05, 0.1) is 18.3 Å². The van der Waals surface area contributed by atoms with E-state index < -0.39 is 16.1 Å². The molecule has 2 aromatic rings. The van der Waals surface area contributed by atoms with Gasteiger partial charge in [0, 0.05) is 6.04 Å². The van der Waals surface area contributed by atoms with Gasteiger partial charge in [0.25, 0.3) is 0 Å². The summed E-state index contributed by atoms with van der Waals surface area (Å²) in [6.45, 7) is 6.87. The Morgan fingerprint density at radius 2 is 1.94 bits per heavy atom. The molecule has 188 valence electrons. The minimum absolute atomic E-state index is 0.0471. The van der Waals surface area contributed by atoms with Crippen LogP contribution in [-0.4, -0.2) is 66.0 Å². The molecule has 0 spiro atoms. The summed E-state index contributed by atoms with van der Waals surface area (Å²) in [5, 5.41) is 12.7. The maximum absolute atomic E-state index is 12.9. The number of hydrogen-bond acceptors (Lipinski definition) is 6. The largest absolute Gasteiger partial charge is 0.335 e. The summed E-state index contributed by atoms with van der Waals surface area (Å²) in [6, 6.07) is 9.37. The number of rotatable bonds is 15. The Bertz CT molecular complexity index is 989. The zero-order chi connectivity index (χ0) is 24.4. The molecular formula is C23H37N7O3S. The van der Waals surface area contributed by atoms with E-state index in [4.69, 9.17) is 0 Å². The molecule has 4 N–H and O–H groups in total. The van der Waals surface area contributed by atoms with Crippen LogP contribution in [0, 0.1) is 0 Å². The van der Waals surface area contributed by atoms with E-state index in [1.807, 2.05) is 30.3 Å². The number of H-pyrrole nitrogens is 1. The molecule has 1 aliphatic carbocycles. The average molecular weight is 492 g/mol. The van der Waals surface area contributed by atoms with E-state index in [2.05, 4.69) is 49.3 Å². The molecule has 1 heterocycles. The van der Waals surface area contributed by atoms with E-state index in [1.165, 1.54) is 0 Å². The highest BCUT2D eigenvalue weighted by Crippen LogP contribution is 2.19. The fourth-order valence-electron chi connectivity index (χ4n) is 3.66. The number of sulfonamides is 1. The number of benzene rings is 1. The molecule has 1 aromatic carbocycles. The predicted octanol–water partition coefficient (Wildman–Crippen LogP) is 2.09. The Morgan fingerprint density at radius 3 is 2.62 bits per heavy atom. The smallest absolute Gasteiger partial charge is 0.315 e. The highest BCUT2D eigenvalue weighted by atomic mass is 32.2. The van der Waals surface area contributed by atoms with Crippen LogP contribution in [0.5, 0.6) is 0 Å². The van der Waals surface area contributed by atoms with E-state index >= 15 is 0 Å². The van der Waals surface area contributed by atoms with Crippen molar-refractivity contribution in [2.75, 3.05) is 25.4 Å². The van der Waals surface area contributed by atoms with Crippen molar-refractivity contribution in [3.8, 4) is 0 Å². The number of carbonyl (C=O) groups excluding carboxylic acids is 1. The number of aromatic nitrogens is 3. The zero-order valence-electron chi connectivity index (χ0n) is 20.1. The first-order valence-electron chi connectivity index (χ1n) is 12.1. The minimum Gasteiger partial charge on any atom is -0.335 e. The zero-order valence-corrected chi connectivity index (χ0v) is 20.9. The van der Waals surface area contributed by atoms with Crippen molar-refractivity contribution in [1.29, 1.82) is 0 Å². The number of aryl methyl sites for hydroxylation is 1. The van der Waals surface area contributed by atoms with E-state index in [0.717, 1.165) is 38.0 Å². The molecular weight excluding hydrogens is 454 g/mol. The summed E-state index contributed by atoms with van der Waals surface area (Å²) in [6.07, 6.45) is 3.78. The number of nitrogens with one attached hydrogen (secondary N) is 4. The van der Waals surface area contributed by atoms with Gasteiger partial charge in [-0.3, -0.25) is 5.10 Å². The van der Waals surface area contributed by atoms with E-state index in [1.54, 1.807) is 0 Å². The first-order valence-corrected chi connectivity index (χ1v) is 13.8. The van der Waals surface area contributed by atoms with Crippen LogP contribution in [-0.2, 0) is 23.0 Å². The normalized spacial score (nSPS) is 14.8. The van der Waals surface area contributed by atoms with Crippen LogP contribution in [0.2, 0.25) is 0 Å².